The van der Waals surface area contributed by atoms with Crippen molar-refractivity contribution >= 4 is 15.7 Å². The third-order valence-corrected chi connectivity index (χ3v) is 6.67. The quantitative estimate of drug-likeness (QED) is 0.434. The Balaban J connectivity index is 1.77. The van der Waals surface area contributed by atoms with Crippen molar-refractivity contribution in [3.05, 3.63) is 83.4 Å². The van der Waals surface area contributed by atoms with Crippen LogP contribution >= 0.6 is 0 Å². The van der Waals surface area contributed by atoms with E-state index in [2.05, 4.69) is 5.32 Å². The molecule has 9 heteroatoms. The fraction of sp³-hybridized carbons (Fsp3) is 0.250. The van der Waals surface area contributed by atoms with E-state index < -0.39 is 28.8 Å². The molecule has 3 aromatic carbocycles. The van der Waals surface area contributed by atoms with E-state index in [0.717, 1.165) is 5.56 Å². The molecule has 0 saturated heterocycles. The molecule has 0 aliphatic heterocycles. The van der Waals surface area contributed by atoms with Gasteiger partial charge in [-0.15, -0.1) is 0 Å². The summed E-state index contributed by atoms with van der Waals surface area (Å²) in [5.41, 5.74) is 1.97. The minimum Gasteiger partial charge on any atom is -0.457 e. The molecule has 3 rings (SSSR count). The summed E-state index contributed by atoms with van der Waals surface area (Å²) in [6.45, 7) is 4.23. The summed E-state index contributed by atoms with van der Waals surface area (Å²) in [5, 5.41) is 2.66. The summed E-state index contributed by atoms with van der Waals surface area (Å²) in [5.74, 6) is 1.01. The van der Waals surface area contributed by atoms with Gasteiger partial charge in [-0.3, -0.25) is 0 Å². The number of aryl methyl sites for hydroxylation is 3. The lowest BCUT2D eigenvalue weighted by Gasteiger charge is -2.23. The summed E-state index contributed by atoms with van der Waals surface area (Å²) < 4.78 is 74.4. The summed E-state index contributed by atoms with van der Waals surface area (Å²) in [7, 11) is -4.41. The van der Waals surface area contributed by atoms with Crippen molar-refractivity contribution in [3.63, 3.8) is 0 Å². The van der Waals surface area contributed by atoms with Crippen LogP contribution in [0.4, 0.5) is 18.9 Å². The minimum absolute atomic E-state index is 0.138. The Morgan fingerprint density at radius 1 is 0.879 bits per heavy atom. The number of hydrogen-bond acceptors (Lipinski definition) is 4. The molecule has 0 aliphatic carbocycles. The molecule has 2 N–H and O–H groups in total. The van der Waals surface area contributed by atoms with Gasteiger partial charge in [0.15, 0.2) is 0 Å². The number of anilines is 1. The molecule has 0 aromatic heterocycles. The molecule has 0 amide bonds. The Hall–Kier alpha value is -3.04. The number of benzene rings is 3. The van der Waals surface area contributed by atoms with Crippen molar-refractivity contribution in [2.24, 2.45) is 0 Å². The molecule has 1 unspecified atom stereocenters. The van der Waals surface area contributed by atoms with Crippen LogP contribution in [-0.2, 0) is 10.0 Å². The molecule has 0 saturated carbocycles. The van der Waals surface area contributed by atoms with E-state index in [1.165, 1.54) is 0 Å². The summed E-state index contributed by atoms with van der Waals surface area (Å²) in [4.78, 5) is -0.138. The Bertz CT molecular complexity index is 1190. The number of rotatable bonds is 8. The molecule has 33 heavy (non-hydrogen) atoms. The maximum absolute atomic E-state index is 13.7. The maximum Gasteiger partial charge on any atom is 0.406 e. The zero-order valence-corrected chi connectivity index (χ0v) is 19.2. The first kappa shape index (κ1) is 24.6. The van der Waals surface area contributed by atoms with Crippen molar-refractivity contribution in [3.8, 4) is 11.5 Å². The molecule has 0 aliphatic rings. The van der Waals surface area contributed by atoms with Gasteiger partial charge in [-0.25, -0.2) is 8.42 Å². The maximum atomic E-state index is 13.7. The second kappa shape index (κ2) is 9.84. The van der Waals surface area contributed by atoms with Crippen molar-refractivity contribution in [2.45, 2.75) is 37.9 Å². The lowest BCUT2D eigenvalue weighted by atomic mass is 10.1. The second-order valence-electron chi connectivity index (χ2n) is 7.77. The Morgan fingerprint density at radius 2 is 1.48 bits per heavy atom. The molecule has 0 spiro atoms. The molecule has 3 aromatic rings. The van der Waals surface area contributed by atoms with E-state index >= 15 is 0 Å². The van der Waals surface area contributed by atoms with Crippen molar-refractivity contribution in [1.82, 2.24) is 4.72 Å². The van der Waals surface area contributed by atoms with Gasteiger partial charge < -0.3 is 10.1 Å². The normalized spacial score (nSPS) is 12.9. The van der Waals surface area contributed by atoms with Gasteiger partial charge in [0.2, 0.25) is 10.0 Å². The fourth-order valence-corrected chi connectivity index (χ4v) is 5.25. The second-order valence-corrected chi connectivity index (χ2v) is 9.42. The van der Waals surface area contributed by atoms with Crippen LogP contribution < -0.4 is 14.8 Å². The summed E-state index contributed by atoms with van der Waals surface area (Å²) in [6.07, 6.45) is -4.80. The van der Waals surface area contributed by atoms with Gasteiger partial charge >= 0.3 is 6.18 Å². The van der Waals surface area contributed by atoms with Gasteiger partial charge in [0, 0.05) is 18.3 Å². The SMILES string of the molecule is Cc1cc(C)c(S(=O)(=O)NC(CNc2cccc(Oc3ccccc3)c2)C(F)(F)F)c(C)c1. The van der Waals surface area contributed by atoms with Crippen LogP contribution in [0, 0.1) is 20.8 Å². The van der Waals surface area contributed by atoms with Crippen LogP contribution in [0.15, 0.2) is 71.6 Å². The van der Waals surface area contributed by atoms with Crippen LogP contribution in [0.3, 0.4) is 0 Å². The van der Waals surface area contributed by atoms with E-state index in [4.69, 9.17) is 4.74 Å². The molecule has 0 radical (unpaired) electrons. The van der Waals surface area contributed by atoms with Crippen molar-refractivity contribution in [2.75, 3.05) is 11.9 Å². The lowest BCUT2D eigenvalue weighted by Crippen LogP contribution is -2.49. The van der Waals surface area contributed by atoms with Crippen LogP contribution in [0.5, 0.6) is 11.5 Å². The van der Waals surface area contributed by atoms with Gasteiger partial charge in [-0.05, 0) is 56.2 Å². The topological polar surface area (TPSA) is 67.4 Å². The third-order valence-electron chi connectivity index (χ3n) is 4.89. The number of alkyl halides is 3. The van der Waals surface area contributed by atoms with E-state index in [1.807, 2.05) is 10.8 Å². The first-order valence-electron chi connectivity index (χ1n) is 10.2. The zero-order valence-electron chi connectivity index (χ0n) is 18.4. The lowest BCUT2D eigenvalue weighted by molar-refractivity contribution is -0.148. The standard InChI is InChI=1S/C24H25F3N2O3S/c1-16-12-17(2)23(18(3)13-16)33(30,31)29-22(24(25,26)27)15-28-19-8-7-11-21(14-19)32-20-9-5-4-6-10-20/h4-14,22,28-29H,15H2,1-3H3. The summed E-state index contributed by atoms with van der Waals surface area (Å²) in [6, 6.07) is 16.3. The highest BCUT2D eigenvalue weighted by molar-refractivity contribution is 7.89. The van der Waals surface area contributed by atoms with Crippen LogP contribution in [0.25, 0.3) is 0 Å². The first-order valence-corrected chi connectivity index (χ1v) is 11.7. The largest absolute Gasteiger partial charge is 0.457 e. The third kappa shape index (κ3) is 6.49. The highest BCUT2D eigenvalue weighted by Crippen LogP contribution is 2.27. The Morgan fingerprint density at radius 3 is 2.09 bits per heavy atom. The van der Waals surface area contributed by atoms with E-state index in [-0.39, 0.29) is 4.90 Å². The molecule has 0 heterocycles. The van der Waals surface area contributed by atoms with Crippen molar-refractivity contribution in [1.29, 1.82) is 0 Å². The fourth-order valence-electron chi connectivity index (χ4n) is 3.58. The number of hydrogen-bond donors (Lipinski definition) is 2. The van der Waals surface area contributed by atoms with Gasteiger partial charge in [0.25, 0.3) is 0 Å². The number of nitrogens with one attached hydrogen (secondary N) is 2. The van der Waals surface area contributed by atoms with Crippen LogP contribution in [0.1, 0.15) is 16.7 Å². The average Bonchev–Trinajstić information content (AvgIpc) is 2.70. The highest BCUT2D eigenvalue weighted by Gasteiger charge is 2.42. The predicted octanol–water partition coefficient (Wildman–Crippen LogP) is 5.73. The van der Waals surface area contributed by atoms with E-state index in [1.54, 1.807) is 81.4 Å². The molecule has 1 atom stereocenters. The molecule has 0 fully saturated rings. The average molecular weight is 479 g/mol. The monoisotopic (exact) mass is 478 g/mol. The van der Waals surface area contributed by atoms with E-state index in [0.29, 0.717) is 28.3 Å². The molecule has 176 valence electrons. The summed E-state index contributed by atoms with van der Waals surface area (Å²) >= 11 is 0. The minimum atomic E-state index is -4.80. The molecule has 0 bridgehead atoms. The number of halogens is 3. The smallest absolute Gasteiger partial charge is 0.406 e. The predicted molar refractivity (Wildman–Crippen MR) is 122 cm³/mol. The number of ether oxygens (including phenoxy) is 1. The van der Waals surface area contributed by atoms with Gasteiger partial charge in [-0.1, -0.05) is 42.0 Å². The van der Waals surface area contributed by atoms with Gasteiger partial charge in [-0.2, -0.15) is 17.9 Å². The first-order chi connectivity index (χ1) is 15.5. The Kier molecular flexibility index (Phi) is 7.34. The molecular weight excluding hydrogens is 453 g/mol. The zero-order chi connectivity index (χ0) is 24.2. The number of para-hydroxylation sites is 1. The van der Waals surface area contributed by atoms with Crippen molar-refractivity contribution < 1.29 is 26.3 Å². The van der Waals surface area contributed by atoms with Gasteiger partial charge in [0.05, 0.1) is 4.90 Å². The number of sulfonamides is 1. The Labute approximate surface area is 191 Å². The molecule has 5 nitrogen and oxygen atoms in total. The van der Waals surface area contributed by atoms with Crippen LogP contribution in [0.2, 0.25) is 0 Å². The van der Waals surface area contributed by atoms with E-state index in [9.17, 15) is 21.6 Å². The van der Waals surface area contributed by atoms with Crippen LogP contribution in [-0.4, -0.2) is 27.2 Å². The van der Waals surface area contributed by atoms with Gasteiger partial charge in [0.1, 0.15) is 17.5 Å². The molecular formula is C24H25F3N2O3S. The highest BCUT2D eigenvalue weighted by atomic mass is 32.2.